The number of aryl methyl sites for hydroxylation is 1. The van der Waals surface area contributed by atoms with Crippen LogP contribution in [0.15, 0.2) is 58.5 Å². The molecule has 0 spiro atoms. The summed E-state index contributed by atoms with van der Waals surface area (Å²) >= 11 is 1.35. The molecule has 8 nitrogen and oxygen atoms in total. The number of anilines is 2. The highest BCUT2D eigenvalue weighted by Crippen LogP contribution is 2.34. The van der Waals surface area contributed by atoms with E-state index in [-0.39, 0.29) is 18.4 Å². The van der Waals surface area contributed by atoms with E-state index in [1.807, 2.05) is 43.5 Å². The van der Waals surface area contributed by atoms with E-state index in [9.17, 15) is 9.59 Å². The summed E-state index contributed by atoms with van der Waals surface area (Å²) in [6, 6.07) is 13.1. The number of carbonyl (C=O) groups excluding carboxylic acids is 2. The van der Waals surface area contributed by atoms with E-state index in [0.29, 0.717) is 23.1 Å². The number of carbonyl (C=O) groups is 2. The Morgan fingerprint density at radius 1 is 1.21 bits per heavy atom. The van der Waals surface area contributed by atoms with Crippen molar-refractivity contribution in [3.8, 4) is 17.0 Å². The van der Waals surface area contributed by atoms with Gasteiger partial charge in [0.15, 0.2) is 11.2 Å². The van der Waals surface area contributed by atoms with Gasteiger partial charge < -0.3 is 18.6 Å². The first kappa shape index (κ1) is 22.0. The van der Waals surface area contributed by atoms with E-state index in [1.54, 1.807) is 23.3 Å². The number of para-hydroxylation sites is 2. The highest BCUT2D eigenvalue weighted by atomic mass is 32.1. The number of nitrogens with one attached hydrogen (secondary N) is 1. The van der Waals surface area contributed by atoms with Gasteiger partial charge in [0.05, 0.1) is 30.7 Å². The van der Waals surface area contributed by atoms with Crippen LogP contribution >= 0.6 is 11.3 Å². The van der Waals surface area contributed by atoms with Crippen molar-refractivity contribution in [2.75, 3.05) is 16.8 Å². The first-order chi connectivity index (χ1) is 16.4. The van der Waals surface area contributed by atoms with Crippen molar-refractivity contribution in [1.29, 1.82) is 0 Å². The molecule has 34 heavy (non-hydrogen) atoms. The van der Waals surface area contributed by atoms with Crippen molar-refractivity contribution in [1.82, 2.24) is 9.55 Å². The van der Waals surface area contributed by atoms with Gasteiger partial charge in [-0.15, -0.1) is 11.3 Å². The quantitative estimate of drug-likeness (QED) is 0.454. The summed E-state index contributed by atoms with van der Waals surface area (Å²) in [5.41, 5.74) is 4.63. The molecule has 0 saturated carbocycles. The molecule has 1 aromatic carbocycles. The molecule has 1 aliphatic rings. The molecule has 9 heteroatoms. The van der Waals surface area contributed by atoms with Crippen LogP contribution in [0.1, 0.15) is 24.1 Å². The zero-order chi connectivity index (χ0) is 23.8. The minimum Gasteiger partial charge on any atom is -0.476 e. The number of benzene rings is 1. The summed E-state index contributed by atoms with van der Waals surface area (Å²) in [5, 5.41) is 5.26. The monoisotopic (exact) mass is 476 g/mol. The molecule has 1 atom stereocenters. The maximum absolute atomic E-state index is 13.0. The minimum absolute atomic E-state index is 0.143. The van der Waals surface area contributed by atoms with Crippen LogP contribution in [-0.4, -0.2) is 34.0 Å². The molecule has 1 unspecified atom stereocenters. The fourth-order valence-electron chi connectivity index (χ4n) is 4.17. The summed E-state index contributed by atoms with van der Waals surface area (Å²) in [6.45, 7) is 6.36. The number of thiazole rings is 1. The number of fused-ring (bicyclic) bond motifs is 1. The molecule has 0 radical (unpaired) electrons. The van der Waals surface area contributed by atoms with E-state index in [0.717, 1.165) is 28.4 Å². The van der Waals surface area contributed by atoms with E-state index in [1.165, 1.54) is 18.3 Å². The molecular formula is C25H24N4O4S. The van der Waals surface area contributed by atoms with Crippen LogP contribution in [0.3, 0.4) is 0 Å². The molecule has 4 aromatic rings. The SMILES string of the molecule is CC(=O)N1CC(C(=O)Nc2nc(-c3cc(C)n(Cc4ccco4)c3C)cs2)Oc2ccccc21. The maximum atomic E-state index is 13.0. The number of rotatable bonds is 5. The van der Waals surface area contributed by atoms with Crippen molar-refractivity contribution >= 4 is 34.0 Å². The number of hydrogen-bond donors (Lipinski definition) is 1. The first-order valence-electron chi connectivity index (χ1n) is 10.9. The van der Waals surface area contributed by atoms with Gasteiger partial charge in [-0.2, -0.15) is 0 Å². The van der Waals surface area contributed by atoms with Gasteiger partial charge in [-0.3, -0.25) is 14.9 Å². The predicted molar refractivity (Wildman–Crippen MR) is 130 cm³/mol. The third-order valence-corrected chi connectivity index (χ3v) is 6.68. The van der Waals surface area contributed by atoms with E-state index in [2.05, 4.69) is 20.9 Å². The van der Waals surface area contributed by atoms with Crippen LogP contribution in [0.2, 0.25) is 0 Å². The maximum Gasteiger partial charge on any atom is 0.269 e. The Balaban J connectivity index is 1.32. The summed E-state index contributed by atoms with van der Waals surface area (Å²) in [6.07, 6.45) is 0.842. The molecule has 0 bridgehead atoms. The molecule has 4 heterocycles. The zero-order valence-corrected chi connectivity index (χ0v) is 19.9. The van der Waals surface area contributed by atoms with Crippen molar-refractivity contribution in [3.05, 3.63) is 71.3 Å². The number of nitrogens with zero attached hydrogens (tertiary/aromatic N) is 3. The Kier molecular flexibility index (Phi) is 5.70. The van der Waals surface area contributed by atoms with Crippen LogP contribution in [-0.2, 0) is 16.1 Å². The summed E-state index contributed by atoms with van der Waals surface area (Å²) < 4.78 is 13.6. The summed E-state index contributed by atoms with van der Waals surface area (Å²) in [7, 11) is 0. The Labute approximate surface area is 200 Å². The standard InChI is InChI=1S/C25H24N4O4S/c1-15-11-19(16(2)28(15)12-18-7-6-10-32-18)20-14-34-25(26-20)27-24(31)23-13-29(17(3)30)21-8-4-5-9-22(21)33-23/h4-11,14,23H,12-13H2,1-3H3,(H,26,27,31). The predicted octanol–water partition coefficient (Wildman–Crippen LogP) is 4.62. The first-order valence-corrected chi connectivity index (χ1v) is 11.8. The zero-order valence-electron chi connectivity index (χ0n) is 19.1. The molecule has 0 saturated heterocycles. The topological polar surface area (TPSA) is 89.6 Å². The van der Waals surface area contributed by atoms with Gasteiger partial charge in [0.1, 0.15) is 11.5 Å². The van der Waals surface area contributed by atoms with Gasteiger partial charge in [-0.25, -0.2) is 4.98 Å². The van der Waals surface area contributed by atoms with E-state index < -0.39 is 6.10 Å². The normalized spacial score (nSPS) is 15.0. The molecule has 3 aromatic heterocycles. The van der Waals surface area contributed by atoms with Gasteiger partial charge in [-0.1, -0.05) is 12.1 Å². The van der Waals surface area contributed by atoms with Gasteiger partial charge in [-0.05, 0) is 44.2 Å². The smallest absolute Gasteiger partial charge is 0.269 e. The van der Waals surface area contributed by atoms with Crippen molar-refractivity contribution in [3.63, 3.8) is 0 Å². The van der Waals surface area contributed by atoms with Crippen LogP contribution in [0, 0.1) is 13.8 Å². The van der Waals surface area contributed by atoms with Gasteiger partial charge in [0, 0.05) is 29.3 Å². The lowest BCUT2D eigenvalue weighted by Crippen LogP contribution is -2.48. The minimum atomic E-state index is -0.829. The van der Waals surface area contributed by atoms with Gasteiger partial charge in [0.25, 0.3) is 5.91 Å². The van der Waals surface area contributed by atoms with Gasteiger partial charge in [0.2, 0.25) is 5.91 Å². The summed E-state index contributed by atoms with van der Waals surface area (Å²) in [4.78, 5) is 31.3. The molecule has 2 amide bonds. The van der Waals surface area contributed by atoms with Gasteiger partial charge >= 0.3 is 0 Å². The van der Waals surface area contributed by atoms with Crippen LogP contribution in [0.25, 0.3) is 11.3 Å². The Morgan fingerprint density at radius 3 is 2.79 bits per heavy atom. The van der Waals surface area contributed by atoms with Crippen LogP contribution in [0.5, 0.6) is 5.75 Å². The van der Waals surface area contributed by atoms with Crippen LogP contribution in [0.4, 0.5) is 10.8 Å². The highest BCUT2D eigenvalue weighted by Gasteiger charge is 2.33. The lowest BCUT2D eigenvalue weighted by atomic mass is 10.2. The molecule has 0 aliphatic carbocycles. The molecule has 1 N–H and O–H groups in total. The fourth-order valence-corrected chi connectivity index (χ4v) is 4.89. The largest absolute Gasteiger partial charge is 0.476 e. The Bertz CT molecular complexity index is 1360. The lowest BCUT2D eigenvalue weighted by molar-refractivity contribution is -0.123. The number of furan rings is 1. The average Bonchev–Trinajstić information content (AvgIpc) is 3.56. The second-order valence-electron chi connectivity index (χ2n) is 8.18. The third kappa shape index (κ3) is 4.10. The third-order valence-electron chi connectivity index (χ3n) is 5.92. The average molecular weight is 477 g/mol. The van der Waals surface area contributed by atoms with E-state index >= 15 is 0 Å². The second kappa shape index (κ2) is 8.83. The van der Waals surface area contributed by atoms with Crippen molar-refractivity contribution in [2.45, 2.75) is 33.4 Å². The van der Waals surface area contributed by atoms with Crippen LogP contribution < -0.4 is 15.0 Å². The highest BCUT2D eigenvalue weighted by molar-refractivity contribution is 7.14. The Hall–Kier alpha value is -3.85. The summed E-state index contributed by atoms with van der Waals surface area (Å²) in [5.74, 6) is 0.904. The van der Waals surface area contributed by atoms with Crippen molar-refractivity contribution in [2.24, 2.45) is 0 Å². The number of hydrogen-bond acceptors (Lipinski definition) is 6. The number of aromatic nitrogens is 2. The second-order valence-corrected chi connectivity index (χ2v) is 9.04. The number of amides is 2. The molecule has 1 aliphatic heterocycles. The lowest BCUT2D eigenvalue weighted by Gasteiger charge is -2.33. The molecule has 5 rings (SSSR count). The molecule has 0 fully saturated rings. The Morgan fingerprint density at radius 2 is 2.03 bits per heavy atom. The number of ether oxygens (including phenoxy) is 1. The molecule has 174 valence electrons. The molecular weight excluding hydrogens is 452 g/mol. The van der Waals surface area contributed by atoms with E-state index in [4.69, 9.17) is 9.15 Å². The van der Waals surface area contributed by atoms with Crippen molar-refractivity contribution < 1.29 is 18.7 Å². The fraction of sp³-hybridized carbons (Fsp3) is 0.240.